The van der Waals surface area contributed by atoms with E-state index in [2.05, 4.69) is 11.0 Å². The predicted octanol–water partition coefficient (Wildman–Crippen LogP) is 2.05. The fraction of sp³-hybridized carbons (Fsp3) is 0.611. The van der Waals surface area contributed by atoms with Crippen molar-refractivity contribution in [3.63, 3.8) is 0 Å². The molecular weight excluding hydrogens is 292 g/mol. The average molecular weight is 318 g/mol. The summed E-state index contributed by atoms with van der Waals surface area (Å²) in [6.07, 6.45) is 1.84. The van der Waals surface area contributed by atoms with Crippen LogP contribution in [0.2, 0.25) is 0 Å². The van der Waals surface area contributed by atoms with Crippen molar-refractivity contribution in [3.8, 4) is 11.8 Å². The minimum absolute atomic E-state index is 0.262. The van der Waals surface area contributed by atoms with Crippen molar-refractivity contribution in [1.82, 2.24) is 4.90 Å². The Bertz CT molecular complexity index is 498. The molecule has 5 nitrogen and oxygen atoms in total. The Morgan fingerprint density at radius 2 is 2.17 bits per heavy atom. The summed E-state index contributed by atoms with van der Waals surface area (Å²) in [5.41, 5.74) is 0.603. The van der Waals surface area contributed by atoms with Crippen molar-refractivity contribution >= 4 is 0 Å². The second-order valence-electron chi connectivity index (χ2n) is 6.03. The molecule has 1 heterocycles. The Morgan fingerprint density at radius 1 is 1.39 bits per heavy atom. The molecular formula is C18H26N2O3. The number of aliphatic hydroxyl groups is 1. The van der Waals surface area contributed by atoms with Gasteiger partial charge in [0.1, 0.15) is 18.5 Å². The van der Waals surface area contributed by atoms with Gasteiger partial charge >= 0.3 is 0 Å². The number of hydrogen-bond acceptors (Lipinski definition) is 5. The topological polar surface area (TPSA) is 65.7 Å². The van der Waals surface area contributed by atoms with E-state index in [9.17, 15) is 5.11 Å². The zero-order valence-corrected chi connectivity index (χ0v) is 13.8. The van der Waals surface area contributed by atoms with Gasteiger partial charge in [-0.15, -0.1) is 0 Å². The van der Waals surface area contributed by atoms with Crippen molar-refractivity contribution in [2.24, 2.45) is 5.92 Å². The highest BCUT2D eigenvalue weighted by Crippen LogP contribution is 2.17. The van der Waals surface area contributed by atoms with Gasteiger partial charge in [0.15, 0.2) is 0 Å². The maximum Gasteiger partial charge on any atom is 0.119 e. The van der Waals surface area contributed by atoms with Gasteiger partial charge < -0.3 is 19.5 Å². The smallest absolute Gasteiger partial charge is 0.119 e. The molecule has 2 atom stereocenters. The summed E-state index contributed by atoms with van der Waals surface area (Å²) >= 11 is 0. The minimum Gasteiger partial charge on any atom is -0.491 e. The molecule has 5 heteroatoms. The molecule has 1 aromatic rings. The third-order valence-electron chi connectivity index (χ3n) is 4.06. The number of aliphatic hydroxyl groups excluding tert-OH is 1. The van der Waals surface area contributed by atoms with Crippen molar-refractivity contribution in [3.05, 3.63) is 29.8 Å². The van der Waals surface area contributed by atoms with Crippen LogP contribution in [0.4, 0.5) is 0 Å². The number of piperidine rings is 1. The Morgan fingerprint density at radius 3 is 2.87 bits per heavy atom. The summed E-state index contributed by atoms with van der Waals surface area (Å²) in [6.45, 7) is 6.48. The number of β-amino-alcohol motifs (C(OH)–C–C–N with tert-alkyl or cyclic N) is 1. The van der Waals surface area contributed by atoms with Crippen LogP contribution in [0.5, 0.6) is 5.75 Å². The highest BCUT2D eigenvalue weighted by atomic mass is 16.5. The molecule has 1 saturated heterocycles. The van der Waals surface area contributed by atoms with Crippen molar-refractivity contribution in [2.45, 2.75) is 25.9 Å². The lowest BCUT2D eigenvalue weighted by Crippen LogP contribution is -2.42. The summed E-state index contributed by atoms with van der Waals surface area (Å²) in [4.78, 5) is 2.29. The zero-order valence-electron chi connectivity index (χ0n) is 13.8. The van der Waals surface area contributed by atoms with Crippen LogP contribution in [0.25, 0.3) is 0 Å². The number of likely N-dealkylation sites (tertiary alicyclic amines) is 1. The SMILES string of the molecule is CCOCC1CCCN(CC(O)COc2ccc(C#N)cc2)C1. The van der Waals surface area contributed by atoms with Gasteiger partial charge in [-0.25, -0.2) is 0 Å². The van der Waals surface area contributed by atoms with Gasteiger partial charge in [0.2, 0.25) is 0 Å². The Labute approximate surface area is 138 Å². The number of benzene rings is 1. The van der Waals surface area contributed by atoms with Gasteiger partial charge in [0.05, 0.1) is 18.2 Å². The molecule has 0 amide bonds. The first-order valence-electron chi connectivity index (χ1n) is 8.32. The average Bonchev–Trinajstić information content (AvgIpc) is 2.59. The lowest BCUT2D eigenvalue weighted by atomic mass is 9.99. The number of nitrogens with zero attached hydrogens (tertiary/aromatic N) is 2. The molecule has 1 N–H and O–H groups in total. The normalized spacial score (nSPS) is 20.0. The molecule has 0 aromatic heterocycles. The highest BCUT2D eigenvalue weighted by molar-refractivity contribution is 5.34. The number of nitriles is 1. The minimum atomic E-state index is -0.517. The van der Waals surface area contributed by atoms with Gasteiger partial charge in [0, 0.05) is 19.7 Å². The van der Waals surface area contributed by atoms with E-state index in [4.69, 9.17) is 14.7 Å². The summed E-state index contributed by atoms with van der Waals surface area (Å²) in [5, 5.41) is 18.9. The van der Waals surface area contributed by atoms with Crippen LogP contribution in [0.1, 0.15) is 25.3 Å². The maximum absolute atomic E-state index is 10.2. The molecule has 1 aliphatic rings. The monoisotopic (exact) mass is 318 g/mol. The third kappa shape index (κ3) is 6.19. The van der Waals surface area contributed by atoms with E-state index in [1.54, 1.807) is 24.3 Å². The molecule has 0 radical (unpaired) electrons. The Kier molecular flexibility index (Phi) is 7.34. The van der Waals surface area contributed by atoms with E-state index in [1.807, 2.05) is 6.92 Å². The van der Waals surface area contributed by atoms with Gasteiger partial charge in [-0.1, -0.05) is 0 Å². The molecule has 0 saturated carbocycles. The second-order valence-corrected chi connectivity index (χ2v) is 6.03. The van der Waals surface area contributed by atoms with E-state index in [-0.39, 0.29) is 6.61 Å². The highest BCUT2D eigenvalue weighted by Gasteiger charge is 2.22. The first kappa shape index (κ1) is 17.7. The summed E-state index contributed by atoms with van der Waals surface area (Å²) < 4.78 is 11.1. The molecule has 2 unspecified atom stereocenters. The van der Waals surface area contributed by atoms with E-state index < -0.39 is 6.10 Å². The summed E-state index contributed by atoms with van der Waals surface area (Å²) in [6, 6.07) is 9.00. The van der Waals surface area contributed by atoms with Gasteiger partial charge in [-0.3, -0.25) is 0 Å². The van der Waals surface area contributed by atoms with Gasteiger partial charge in [-0.05, 0) is 56.5 Å². The standard InChI is InChI=1S/C18H26N2O3/c1-2-22-13-16-4-3-9-20(11-16)12-17(21)14-23-18-7-5-15(10-19)6-8-18/h5-8,16-17,21H,2-4,9,11-14H2,1H3. The van der Waals surface area contributed by atoms with Gasteiger partial charge in [0.25, 0.3) is 0 Å². The van der Waals surface area contributed by atoms with E-state index in [0.29, 0.717) is 23.8 Å². The Balaban J connectivity index is 1.71. The van der Waals surface area contributed by atoms with Crippen LogP contribution in [-0.4, -0.2) is 55.6 Å². The van der Waals surface area contributed by atoms with Crippen LogP contribution in [0.15, 0.2) is 24.3 Å². The molecule has 1 aliphatic heterocycles. The van der Waals surface area contributed by atoms with E-state index in [1.165, 1.54) is 6.42 Å². The fourth-order valence-electron chi connectivity index (χ4n) is 2.91. The first-order chi connectivity index (χ1) is 11.2. The largest absolute Gasteiger partial charge is 0.491 e. The maximum atomic E-state index is 10.2. The van der Waals surface area contributed by atoms with Crippen molar-refractivity contribution in [1.29, 1.82) is 5.26 Å². The molecule has 126 valence electrons. The second kappa shape index (κ2) is 9.51. The molecule has 1 aromatic carbocycles. The quantitative estimate of drug-likeness (QED) is 0.794. The van der Waals surface area contributed by atoms with Crippen LogP contribution in [0, 0.1) is 17.2 Å². The van der Waals surface area contributed by atoms with Crippen molar-refractivity contribution < 1.29 is 14.6 Å². The van der Waals surface area contributed by atoms with E-state index >= 15 is 0 Å². The molecule has 0 bridgehead atoms. The number of ether oxygens (including phenoxy) is 2. The summed E-state index contributed by atoms with van der Waals surface area (Å²) in [7, 11) is 0. The first-order valence-corrected chi connectivity index (χ1v) is 8.32. The van der Waals surface area contributed by atoms with Gasteiger partial charge in [-0.2, -0.15) is 5.26 Å². The van der Waals surface area contributed by atoms with Crippen LogP contribution < -0.4 is 4.74 Å². The van der Waals surface area contributed by atoms with Crippen molar-refractivity contribution in [2.75, 3.05) is 39.5 Å². The number of rotatable bonds is 8. The lowest BCUT2D eigenvalue weighted by Gasteiger charge is -2.33. The molecule has 0 aliphatic carbocycles. The lowest BCUT2D eigenvalue weighted by molar-refractivity contribution is 0.0301. The third-order valence-corrected chi connectivity index (χ3v) is 4.06. The molecule has 23 heavy (non-hydrogen) atoms. The molecule has 1 fully saturated rings. The zero-order chi connectivity index (χ0) is 16.5. The van der Waals surface area contributed by atoms with E-state index in [0.717, 1.165) is 32.7 Å². The van der Waals surface area contributed by atoms with Crippen LogP contribution in [0.3, 0.4) is 0 Å². The Hall–Kier alpha value is -1.61. The molecule has 0 spiro atoms. The molecule has 2 rings (SSSR count). The summed E-state index contributed by atoms with van der Waals surface area (Å²) in [5.74, 6) is 1.24. The van der Waals surface area contributed by atoms with Crippen LogP contribution >= 0.6 is 0 Å². The fourth-order valence-corrected chi connectivity index (χ4v) is 2.91. The predicted molar refractivity (Wildman–Crippen MR) is 88.3 cm³/mol. The number of hydrogen-bond donors (Lipinski definition) is 1. The van der Waals surface area contributed by atoms with Crippen LogP contribution in [-0.2, 0) is 4.74 Å².